The molecule has 6 nitrogen and oxygen atoms in total. The maximum atomic E-state index is 11.7. The van der Waals surface area contributed by atoms with E-state index in [1.165, 1.54) is 11.8 Å². The molecule has 26 heavy (non-hydrogen) atoms. The van der Waals surface area contributed by atoms with Crippen LogP contribution in [0.25, 0.3) is 0 Å². The summed E-state index contributed by atoms with van der Waals surface area (Å²) in [6, 6.07) is 3.65. The van der Waals surface area contributed by atoms with E-state index in [4.69, 9.17) is 9.39 Å². The minimum absolute atomic E-state index is 0. The van der Waals surface area contributed by atoms with Crippen molar-refractivity contribution in [3.8, 4) is 5.75 Å². The molecule has 0 amide bonds. The molecule has 0 spiro atoms. The first-order valence-electron chi connectivity index (χ1n) is 8.84. The molecule has 1 aromatic rings. The number of carboxylic acid groups (broad SMARTS) is 1. The second-order valence-electron chi connectivity index (χ2n) is 7.22. The Bertz CT molecular complexity index is 694. The number of hydrogen-bond acceptors (Lipinski definition) is 7. The molecule has 4 rings (SSSR count). The number of fused-ring (bicyclic) bond motifs is 3. The SMILES string of the molecule is O=C([O-])c1c(SCCC2CCOCC2)ccc2c1O[B-](O)(O)[C@@H]1C[C@H]21.[Na+]. The Kier molecular flexibility index (Phi) is 6.34. The molecule has 0 unspecified atom stereocenters. The Morgan fingerprint density at radius 2 is 2.04 bits per heavy atom. The molecule has 1 saturated carbocycles. The second kappa shape index (κ2) is 8.03. The molecule has 1 aliphatic carbocycles. The van der Waals surface area contributed by atoms with Crippen molar-refractivity contribution in [2.75, 3.05) is 19.0 Å². The fourth-order valence-electron chi connectivity index (χ4n) is 4.00. The molecule has 2 atom stereocenters. The monoisotopic (exact) mass is 387 g/mol. The van der Waals surface area contributed by atoms with Gasteiger partial charge in [-0.3, -0.25) is 0 Å². The first-order chi connectivity index (χ1) is 12.0. The summed E-state index contributed by atoms with van der Waals surface area (Å²) in [4.78, 5) is 12.3. The molecular formula is C17H21BNaO6S-. The molecule has 1 aromatic carbocycles. The van der Waals surface area contributed by atoms with Crippen LogP contribution in [0.5, 0.6) is 5.75 Å². The van der Waals surface area contributed by atoms with Crippen molar-refractivity contribution in [2.24, 2.45) is 5.92 Å². The Morgan fingerprint density at radius 3 is 2.73 bits per heavy atom. The molecule has 0 aromatic heterocycles. The van der Waals surface area contributed by atoms with Gasteiger partial charge in [0.05, 0.1) is 11.7 Å². The summed E-state index contributed by atoms with van der Waals surface area (Å²) in [6.45, 7) is -1.40. The van der Waals surface area contributed by atoms with Gasteiger partial charge in [0.1, 0.15) is 0 Å². The predicted octanol–water partition coefficient (Wildman–Crippen LogP) is -1.86. The molecule has 2 fully saturated rings. The van der Waals surface area contributed by atoms with Gasteiger partial charge in [0.15, 0.2) is 0 Å². The van der Waals surface area contributed by atoms with E-state index in [2.05, 4.69) is 0 Å². The molecule has 0 radical (unpaired) electrons. The minimum Gasteiger partial charge on any atom is -0.669 e. The van der Waals surface area contributed by atoms with Crippen LogP contribution in [0.15, 0.2) is 17.0 Å². The third-order valence-electron chi connectivity index (χ3n) is 5.57. The zero-order valence-corrected chi connectivity index (χ0v) is 17.7. The molecule has 2 aliphatic heterocycles. The number of carbonyl (C=O) groups is 1. The Morgan fingerprint density at radius 1 is 1.31 bits per heavy atom. The van der Waals surface area contributed by atoms with Crippen LogP contribution in [0.3, 0.4) is 0 Å². The molecule has 2 heterocycles. The Balaban J connectivity index is 0.00000196. The predicted molar refractivity (Wildman–Crippen MR) is 91.6 cm³/mol. The number of thioether (sulfide) groups is 1. The van der Waals surface area contributed by atoms with Gasteiger partial charge in [-0.2, -0.15) is 0 Å². The van der Waals surface area contributed by atoms with Gasteiger partial charge < -0.3 is 29.3 Å². The van der Waals surface area contributed by atoms with Gasteiger partial charge >= 0.3 is 36.3 Å². The topological polar surface area (TPSA) is 99.1 Å². The molecular weight excluding hydrogens is 366 g/mol. The van der Waals surface area contributed by atoms with Gasteiger partial charge in [0.25, 0.3) is 0 Å². The van der Waals surface area contributed by atoms with E-state index in [1.807, 2.05) is 6.07 Å². The van der Waals surface area contributed by atoms with Crippen molar-refractivity contribution >= 4 is 24.5 Å². The summed E-state index contributed by atoms with van der Waals surface area (Å²) in [5.74, 6) is -0.201. The van der Waals surface area contributed by atoms with E-state index in [1.54, 1.807) is 6.07 Å². The summed E-state index contributed by atoms with van der Waals surface area (Å²) < 4.78 is 10.7. The van der Waals surface area contributed by atoms with Crippen LogP contribution in [-0.2, 0) is 4.74 Å². The number of carboxylic acids is 1. The van der Waals surface area contributed by atoms with Crippen LogP contribution in [0.1, 0.15) is 47.5 Å². The first-order valence-corrected chi connectivity index (χ1v) is 9.83. The summed E-state index contributed by atoms with van der Waals surface area (Å²) in [5.41, 5.74) is 0.702. The Labute approximate surface area is 178 Å². The first kappa shape index (κ1) is 20.5. The van der Waals surface area contributed by atoms with E-state index in [0.717, 1.165) is 43.8 Å². The molecule has 0 bridgehead atoms. The molecule has 136 valence electrons. The van der Waals surface area contributed by atoms with Crippen molar-refractivity contribution in [3.05, 3.63) is 23.3 Å². The largest absolute Gasteiger partial charge is 1.00 e. The van der Waals surface area contributed by atoms with E-state index in [0.29, 0.717) is 17.2 Å². The molecule has 2 N–H and O–H groups in total. The number of aromatic carboxylic acids is 1. The van der Waals surface area contributed by atoms with Crippen LogP contribution in [-0.4, -0.2) is 41.7 Å². The van der Waals surface area contributed by atoms with Crippen LogP contribution in [0, 0.1) is 5.92 Å². The standard InChI is InChI=1S/C17H22BO6S.Na/c19-17(20)15-14(25-8-5-10-3-6-23-7-4-10)2-1-11-12-9-13(12)18(21,22)24-16(11)15;/h1-2,10,12-13,21-22H,3-9H2,(H,19,20);/q-1;+1/p-1/t12-,13-;/m1./s1. The normalized spacial score (nSPS) is 26.1. The van der Waals surface area contributed by atoms with Crippen molar-refractivity contribution in [2.45, 2.75) is 42.3 Å². The van der Waals surface area contributed by atoms with Gasteiger partial charge in [-0.05, 0) is 48.5 Å². The van der Waals surface area contributed by atoms with E-state index in [9.17, 15) is 19.9 Å². The third kappa shape index (κ3) is 3.97. The average molecular weight is 387 g/mol. The van der Waals surface area contributed by atoms with E-state index < -0.39 is 12.7 Å². The quantitative estimate of drug-likeness (QED) is 0.452. The number of hydrogen-bond donors (Lipinski definition) is 2. The van der Waals surface area contributed by atoms with E-state index >= 15 is 0 Å². The maximum Gasteiger partial charge on any atom is 1.00 e. The van der Waals surface area contributed by atoms with Gasteiger partial charge in [0, 0.05) is 23.7 Å². The van der Waals surface area contributed by atoms with Crippen LogP contribution >= 0.6 is 11.8 Å². The minimum atomic E-state index is -2.99. The second-order valence-corrected chi connectivity index (χ2v) is 8.36. The fraction of sp³-hybridized carbons (Fsp3) is 0.588. The maximum absolute atomic E-state index is 11.7. The van der Waals surface area contributed by atoms with Crippen molar-refractivity contribution in [1.29, 1.82) is 0 Å². The molecule has 1 saturated heterocycles. The fourth-order valence-corrected chi connectivity index (χ4v) is 5.15. The Hall–Kier alpha value is -0.215. The van der Waals surface area contributed by atoms with Gasteiger partial charge in [-0.15, -0.1) is 11.8 Å². The van der Waals surface area contributed by atoms with Crippen LogP contribution in [0.2, 0.25) is 5.82 Å². The van der Waals surface area contributed by atoms with Gasteiger partial charge in [-0.25, -0.2) is 0 Å². The van der Waals surface area contributed by atoms with Gasteiger partial charge in [0.2, 0.25) is 0 Å². The third-order valence-corrected chi connectivity index (χ3v) is 6.66. The summed E-state index contributed by atoms with van der Waals surface area (Å²) in [6.07, 6.45) is 3.70. The van der Waals surface area contributed by atoms with Crippen molar-refractivity contribution < 1.29 is 58.9 Å². The van der Waals surface area contributed by atoms with E-state index in [-0.39, 0.29) is 52.6 Å². The number of benzene rings is 1. The summed E-state index contributed by atoms with van der Waals surface area (Å²) >= 11 is 1.46. The summed E-state index contributed by atoms with van der Waals surface area (Å²) in [7, 11) is 0. The number of ether oxygens (including phenoxy) is 1. The van der Waals surface area contributed by atoms with Crippen LogP contribution < -0.4 is 39.3 Å². The zero-order chi connectivity index (χ0) is 17.6. The van der Waals surface area contributed by atoms with Crippen molar-refractivity contribution in [3.63, 3.8) is 0 Å². The smallest absolute Gasteiger partial charge is 0.669 e. The average Bonchev–Trinajstić information content (AvgIpc) is 3.37. The van der Waals surface area contributed by atoms with Gasteiger partial charge in [-0.1, -0.05) is 18.3 Å². The zero-order valence-electron chi connectivity index (χ0n) is 14.8. The number of carbonyl (C=O) groups excluding carboxylic acids is 1. The molecule has 3 aliphatic rings. The molecule has 9 heteroatoms. The summed E-state index contributed by atoms with van der Waals surface area (Å²) in [5, 5.41) is 31.8. The van der Waals surface area contributed by atoms with Crippen LogP contribution in [0.4, 0.5) is 0 Å². The number of rotatable bonds is 5. The van der Waals surface area contributed by atoms with Crippen molar-refractivity contribution in [1.82, 2.24) is 0 Å².